The van der Waals surface area contributed by atoms with Gasteiger partial charge in [-0.25, -0.2) is 4.79 Å². The molecular weight excluding hydrogens is 472 g/mol. The highest BCUT2D eigenvalue weighted by molar-refractivity contribution is 6.33. The number of amides is 1. The van der Waals surface area contributed by atoms with Crippen molar-refractivity contribution in [2.75, 3.05) is 26.3 Å². The van der Waals surface area contributed by atoms with Gasteiger partial charge in [-0.15, -0.1) is 0 Å². The van der Waals surface area contributed by atoms with Crippen LogP contribution in [0.2, 0.25) is 5.02 Å². The number of ether oxygens (including phenoxy) is 1. The zero-order valence-corrected chi connectivity index (χ0v) is 20.4. The lowest BCUT2D eigenvalue weighted by molar-refractivity contribution is -0.137. The van der Waals surface area contributed by atoms with Crippen LogP contribution in [-0.4, -0.2) is 59.0 Å². The maximum atomic E-state index is 12.8. The normalized spacial score (nSPS) is 21.2. The first-order chi connectivity index (χ1) is 16.9. The molecule has 188 valence electrons. The second-order valence-electron chi connectivity index (χ2n) is 8.41. The van der Waals surface area contributed by atoms with E-state index < -0.39 is 11.7 Å². The lowest BCUT2D eigenvalue weighted by Crippen LogP contribution is -2.37. The summed E-state index contributed by atoms with van der Waals surface area (Å²) in [6, 6.07) is 1.00. The highest BCUT2D eigenvalue weighted by Crippen LogP contribution is 2.37. The number of fused-ring (bicyclic) bond motifs is 1. The van der Waals surface area contributed by atoms with Crippen molar-refractivity contribution in [3.63, 3.8) is 0 Å². The zero-order chi connectivity index (χ0) is 25.2. The molecule has 0 bridgehead atoms. The number of cyclic esters (lactones) is 1. The van der Waals surface area contributed by atoms with Crippen molar-refractivity contribution < 1.29 is 29.4 Å². The maximum absolute atomic E-state index is 12.8. The Balaban J connectivity index is 1.89. The third kappa shape index (κ3) is 7.36. The van der Waals surface area contributed by atoms with Gasteiger partial charge in [0.25, 0.3) is 5.91 Å². The van der Waals surface area contributed by atoms with E-state index in [0.717, 1.165) is 37.3 Å². The highest BCUT2D eigenvalue weighted by Gasteiger charge is 2.25. The van der Waals surface area contributed by atoms with Gasteiger partial charge in [-0.3, -0.25) is 4.79 Å². The molecule has 1 aromatic carbocycles. The first-order valence-electron chi connectivity index (χ1n) is 11.8. The van der Waals surface area contributed by atoms with Gasteiger partial charge in [-0.2, -0.15) is 0 Å². The smallest absolute Gasteiger partial charge is 0.342 e. The van der Waals surface area contributed by atoms with Crippen LogP contribution >= 0.6 is 11.6 Å². The van der Waals surface area contributed by atoms with E-state index >= 15 is 0 Å². The lowest BCUT2D eigenvalue weighted by atomic mass is 9.99. The molecule has 0 radical (unpaired) electrons. The van der Waals surface area contributed by atoms with Crippen molar-refractivity contribution >= 4 is 29.2 Å². The SMILES string of the molecule is C=C/C1=C\CC/C=C/C(=N/OCC(=O)N2CCCCC2)Cc2c(Cl)c(O)cc(O)c2C(=O)OCC1. The van der Waals surface area contributed by atoms with Crippen LogP contribution in [0, 0.1) is 0 Å². The Kier molecular flexibility index (Phi) is 9.78. The first-order valence-corrected chi connectivity index (χ1v) is 12.1. The highest BCUT2D eigenvalue weighted by atomic mass is 35.5. The number of rotatable bonds is 4. The fourth-order valence-corrected chi connectivity index (χ4v) is 4.21. The Morgan fingerprint density at radius 2 is 2.00 bits per heavy atom. The number of piperidine rings is 1. The van der Waals surface area contributed by atoms with Gasteiger partial charge in [0.2, 0.25) is 0 Å². The van der Waals surface area contributed by atoms with Crippen molar-refractivity contribution in [1.82, 2.24) is 4.90 Å². The number of oxime groups is 1. The molecule has 9 heteroatoms. The number of carbonyl (C=O) groups excluding carboxylic acids is 2. The predicted octanol–water partition coefficient (Wildman–Crippen LogP) is 4.69. The van der Waals surface area contributed by atoms with Gasteiger partial charge in [-0.1, -0.05) is 41.6 Å². The first kappa shape index (κ1) is 26.3. The third-order valence-electron chi connectivity index (χ3n) is 5.90. The molecule has 0 spiro atoms. The fraction of sp³-hybridized carbons (Fsp3) is 0.423. The third-order valence-corrected chi connectivity index (χ3v) is 6.32. The lowest BCUT2D eigenvalue weighted by Gasteiger charge is -2.26. The van der Waals surface area contributed by atoms with Crippen LogP contribution in [-0.2, 0) is 20.8 Å². The second kappa shape index (κ2) is 13.0. The molecule has 2 N–H and O–H groups in total. The van der Waals surface area contributed by atoms with E-state index in [-0.39, 0.29) is 47.4 Å². The number of phenolic OH excluding ortho intramolecular Hbond substituents is 2. The van der Waals surface area contributed by atoms with Crippen LogP contribution < -0.4 is 0 Å². The average molecular weight is 503 g/mol. The summed E-state index contributed by atoms with van der Waals surface area (Å²) >= 11 is 6.32. The van der Waals surface area contributed by atoms with Crippen molar-refractivity contribution in [2.24, 2.45) is 5.16 Å². The number of aromatic hydroxyl groups is 2. The number of halogens is 1. The number of carbonyl (C=O) groups is 2. The van der Waals surface area contributed by atoms with E-state index in [1.165, 1.54) is 0 Å². The van der Waals surface area contributed by atoms with E-state index in [4.69, 9.17) is 21.2 Å². The van der Waals surface area contributed by atoms with Gasteiger partial charge in [-0.05, 0) is 49.3 Å². The van der Waals surface area contributed by atoms with E-state index in [9.17, 15) is 19.8 Å². The van der Waals surface area contributed by atoms with Crippen molar-refractivity contribution in [1.29, 1.82) is 0 Å². The molecule has 0 aliphatic carbocycles. The number of likely N-dealkylation sites (tertiary alicyclic amines) is 1. The molecule has 2 heterocycles. The molecule has 1 aromatic rings. The van der Waals surface area contributed by atoms with Gasteiger partial charge in [0, 0.05) is 32.0 Å². The molecule has 2 aliphatic heterocycles. The van der Waals surface area contributed by atoms with Gasteiger partial charge >= 0.3 is 5.97 Å². The van der Waals surface area contributed by atoms with Crippen molar-refractivity contribution in [3.8, 4) is 11.5 Å². The number of hydrogen-bond acceptors (Lipinski definition) is 7. The van der Waals surface area contributed by atoms with E-state index in [1.807, 2.05) is 12.2 Å². The monoisotopic (exact) mass is 502 g/mol. The zero-order valence-electron chi connectivity index (χ0n) is 19.7. The predicted molar refractivity (Wildman–Crippen MR) is 134 cm³/mol. The minimum atomic E-state index is -0.774. The molecule has 0 unspecified atom stereocenters. The number of esters is 1. The summed E-state index contributed by atoms with van der Waals surface area (Å²) in [7, 11) is 0. The Labute approximate surface area is 210 Å². The molecule has 3 rings (SSSR count). The number of hydrogen-bond donors (Lipinski definition) is 2. The molecule has 35 heavy (non-hydrogen) atoms. The summed E-state index contributed by atoms with van der Waals surface area (Å²) in [6.45, 7) is 5.09. The summed E-state index contributed by atoms with van der Waals surface area (Å²) in [5, 5.41) is 24.6. The summed E-state index contributed by atoms with van der Waals surface area (Å²) < 4.78 is 5.37. The number of allylic oxidation sites excluding steroid dienone is 4. The Morgan fingerprint density at radius 1 is 1.23 bits per heavy atom. The van der Waals surface area contributed by atoms with E-state index in [0.29, 0.717) is 31.6 Å². The molecule has 2 aliphatic rings. The van der Waals surface area contributed by atoms with Crippen LogP contribution in [0.15, 0.2) is 47.7 Å². The second-order valence-corrected chi connectivity index (χ2v) is 8.78. The number of nitrogens with zero attached hydrogens (tertiary/aromatic N) is 2. The number of phenols is 2. The number of benzene rings is 1. The van der Waals surface area contributed by atoms with Crippen LogP contribution in [0.3, 0.4) is 0 Å². The van der Waals surface area contributed by atoms with Gasteiger partial charge < -0.3 is 24.7 Å². The van der Waals surface area contributed by atoms with Crippen LogP contribution in [0.25, 0.3) is 0 Å². The quantitative estimate of drug-likeness (QED) is 0.456. The fourth-order valence-electron chi connectivity index (χ4n) is 3.99. The standard InChI is InChI=1S/C26H31ClN2O6/c1-2-18-9-5-3-6-10-19(28-35-17-23(32)29-12-7-4-8-13-29)15-20-24(26(33)34-14-11-18)21(30)16-22(31)25(20)27/h2,6,9-10,16,30-31H,1,3-5,7-8,11-15,17H2/b10-6+,18-9+,28-19-. The van der Waals surface area contributed by atoms with Crippen molar-refractivity contribution in [3.05, 3.63) is 58.7 Å². The molecule has 1 fully saturated rings. The summed E-state index contributed by atoms with van der Waals surface area (Å²) in [4.78, 5) is 32.4. The molecular formula is C26H31ClN2O6. The minimum absolute atomic E-state index is 0.0343. The van der Waals surface area contributed by atoms with Crippen molar-refractivity contribution in [2.45, 2.75) is 44.9 Å². The Bertz CT molecular complexity index is 1040. The largest absolute Gasteiger partial charge is 0.507 e. The van der Waals surface area contributed by atoms with E-state index in [1.54, 1.807) is 17.1 Å². The molecule has 0 atom stereocenters. The topological polar surface area (TPSA) is 109 Å². The van der Waals surface area contributed by atoms with Crippen LogP contribution in [0.1, 0.15) is 54.4 Å². The maximum Gasteiger partial charge on any atom is 0.342 e. The molecule has 8 nitrogen and oxygen atoms in total. The van der Waals surface area contributed by atoms with Crippen LogP contribution in [0.5, 0.6) is 11.5 Å². The van der Waals surface area contributed by atoms with Gasteiger partial charge in [0.1, 0.15) is 17.1 Å². The van der Waals surface area contributed by atoms with Gasteiger partial charge in [0.15, 0.2) is 6.61 Å². The van der Waals surface area contributed by atoms with E-state index in [2.05, 4.69) is 11.7 Å². The summed E-state index contributed by atoms with van der Waals surface area (Å²) in [6.07, 6.45) is 12.3. The Hall–Kier alpha value is -3.26. The average Bonchev–Trinajstić information content (AvgIpc) is 2.85. The summed E-state index contributed by atoms with van der Waals surface area (Å²) in [5.41, 5.74) is 1.30. The minimum Gasteiger partial charge on any atom is -0.507 e. The molecule has 0 aromatic heterocycles. The molecule has 0 saturated carbocycles. The summed E-state index contributed by atoms with van der Waals surface area (Å²) in [5.74, 6) is -1.75. The molecule has 1 amide bonds. The molecule has 1 saturated heterocycles. The Morgan fingerprint density at radius 3 is 2.74 bits per heavy atom. The van der Waals surface area contributed by atoms with Crippen LogP contribution in [0.4, 0.5) is 0 Å². The van der Waals surface area contributed by atoms with Gasteiger partial charge in [0.05, 0.1) is 17.3 Å².